The van der Waals surface area contributed by atoms with Crippen molar-refractivity contribution in [2.45, 2.75) is 25.8 Å². The van der Waals surface area contributed by atoms with E-state index >= 15 is 0 Å². The molecular weight excluding hydrogens is 457 g/mol. The van der Waals surface area contributed by atoms with Crippen LogP contribution in [0.2, 0.25) is 0 Å². The maximum atomic E-state index is 13.8. The SMILES string of the molecule is O=C(c1ccco1)N1CCN(C(=O)C2CCc3c(c4ccccc4n3Cc3cccc(F)c3)C2)CC1. The van der Waals surface area contributed by atoms with Crippen LogP contribution in [0.5, 0.6) is 0 Å². The number of hydrogen-bond acceptors (Lipinski definition) is 3. The van der Waals surface area contributed by atoms with Crippen LogP contribution in [0.3, 0.4) is 0 Å². The molecule has 1 atom stereocenters. The van der Waals surface area contributed by atoms with Crippen molar-refractivity contribution in [2.24, 2.45) is 5.92 Å². The molecule has 1 fully saturated rings. The average molecular weight is 486 g/mol. The number of rotatable bonds is 4. The largest absolute Gasteiger partial charge is 0.459 e. The highest BCUT2D eigenvalue weighted by molar-refractivity contribution is 5.92. The molecule has 1 unspecified atom stereocenters. The van der Waals surface area contributed by atoms with Gasteiger partial charge in [-0.05, 0) is 60.7 Å². The van der Waals surface area contributed by atoms with E-state index < -0.39 is 0 Å². The zero-order valence-electron chi connectivity index (χ0n) is 20.0. The van der Waals surface area contributed by atoms with Crippen LogP contribution in [0.4, 0.5) is 4.39 Å². The van der Waals surface area contributed by atoms with Crippen molar-refractivity contribution in [2.75, 3.05) is 26.2 Å². The summed E-state index contributed by atoms with van der Waals surface area (Å²) in [4.78, 5) is 29.7. The maximum absolute atomic E-state index is 13.8. The Morgan fingerprint density at radius 2 is 1.75 bits per heavy atom. The Kier molecular flexibility index (Phi) is 5.83. The smallest absolute Gasteiger partial charge is 0.289 e. The van der Waals surface area contributed by atoms with E-state index in [-0.39, 0.29) is 23.5 Å². The summed E-state index contributed by atoms with van der Waals surface area (Å²) in [5, 5.41) is 1.18. The van der Waals surface area contributed by atoms with Crippen LogP contribution in [-0.4, -0.2) is 52.4 Å². The lowest BCUT2D eigenvalue weighted by atomic mass is 9.85. The molecule has 0 N–H and O–H groups in total. The van der Waals surface area contributed by atoms with Gasteiger partial charge in [0.05, 0.1) is 6.26 Å². The van der Waals surface area contributed by atoms with Gasteiger partial charge in [-0.3, -0.25) is 9.59 Å². The van der Waals surface area contributed by atoms with E-state index in [1.807, 2.05) is 23.1 Å². The summed E-state index contributed by atoms with van der Waals surface area (Å²) in [5.41, 5.74) is 4.54. The molecule has 0 bridgehead atoms. The molecule has 6 rings (SSSR count). The van der Waals surface area contributed by atoms with E-state index in [1.165, 1.54) is 29.0 Å². The minimum absolute atomic E-state index is 0.0711. The molecule has 1 saturated heterocycles. The highest BCUT2D eigenvalue weighted by Crippen LogP contribution is 2.35. The maximum Gasteiger partial charge on any atom is 0.289 e. The number of carbonyl (C=O) groups excluding carboxylic acids is 2. The van der Waals surface area contributed by atoms with Gasteiger partial charge in [-0.15, -0.1) is 0 Å². The van der Waals surface area contributed by atoms with Gasteiger partial charge in [-0.1, -0.05) is 30.3 Å². The molecular formula is C29H28FN3O3. The number of fused-ring (bicyclic) bond motifs is 3. The molecule has 1 aliphatic heterocycles. The lowest BCUT2D eigenvalue weighted by Gasteiger charge is -2.37. The number of halogens is 1. The van der Waals surface area contributed by atoms with Gasteiger partial charge in [0.2, 0.25) is 5.91 Å². The van der Waals surface area contributed by atoms with Crippen molar-refractivity contribution in [1.82, 2.24) is 14.4 Å². The summed E-state index contributed by atoms with van der Waals surface area (Å²) in [6.07, 6.45) is 3.80. The van der Waals surface area contributed by atoms with Gasteiger partial charge in [0.15, 0.2) is 5.76 Å². The Labute approximate surface area is 208 Å². The number of aromatic nitrogens is 1. The standard InChI is InChI=1S/C29H28FN3O3/c30-22-6-3-5-20(17-22)19-33-25-8-2-1-7-23(25)24-18-21(10-11-26(24)33)28(34)31-12-14-32(15-13-31)29(35)27-9-4-16-36-27/h1-9,16-17,21H,10-15,18-19H2. The Morgan fingerprint density at radius 3 is 2.53 bits per heavy atom. The first-order chi connectivity index (χ1) is 17.6. The Hall–Kier alpha value is -3.87. The first kappa shape index (κ1) is 22.6. The Morgan fingerprint density at radius 1 is 0.944 bits per heavy atom. The monoisotopic (exact) mass is 485 g/mol. The van der Waals surface area contributed by atoms with Crippen molar-refractivity contribution in [3.8, 4) is 0 Å². The molecule has 3 heterocycles. The highest BCUT2D eigenvalue weighted by Gasteiger charge is 2.34. The van der Waals surface area contributed by atoms with Crippen molar-refractivity contribution in [3.63, 3.8) is 0 Å². The molecule has 1 aliphatic carbocycles. The molecule has 2 aromatic carbocycles. The first-order valence-corrected chi connectivity index (χ1v) is 12.5. The molecule has 6 nitrogen and oxygen atoms in total. The minimum Gasteiger partial charge on any atom is -0.459 e. The van der Waals surface area contributed by atoms with E-state index in [4.69, 9.17) is 4.42 Å². The zero-order chi connectivity index (χ0) is 24.6. The molecule has 184 valence electrons. The molecule has 0 radical (unpaired) electrons. The molecule has 36 heavy (non-hydrogen) atoms. The predicted octanol–water partition coefficient (Wildman–Crippen LogP) is 4.51. The number of amides is 2. The number of hydrogen-bond donors (Lipinski definition) is 0. The Balaban J connectivity index is 1.19. The summed E-state index contributed by atoms with van der Waals surface area (Å²) in [6.45, 7) is 2.70. The van der Waals surface area contributed by atoms with E-state index in [1.54, 1.807) is 29.2 Å². The summed E-state index contributed by atoms with van der Waals surface area (Å²) in [7, 11) is 0. The van der Waals surface area contributed by atoms with Crippen LogP contribution in [0.15, 0.2) is 71.3 Å². The number of nitrogens with zero attached hydrogens (tertiary/aromatic N) is 3. The third kappa shape index (κ3) is 4.08. The number of benzene rings is 2. The van der Waals surface area contributed by atoms with Gasteiger partial charge >= 0.3 is 0 Å². The average Bonchev–Trinajstić information content (AvgIpc) is 3.55. The topological polar surface area (TPSA) is 58.7 Å². The molecule has 2 amide bonds. The van der Waals surface area contributed by atoms with Crippen molar-refractivity contribution in [1.29, 1.82) is 0 Å². The van der Waals surface area contributed by atoms with Gasteiger partial charge in [0.1, 0.15) is 5.82 Å². The van der Waals surface area contributed by atoms with Crippen LogP contribution in [0.1, 0.15) is 33.8 Å². The highest BCUT2D eigenvalue weighted by atomic mass is 19.1. The molecule has 2 aliphatic rings. The fourth-order valence-corrected chi connectivity index (χ4v) is 5.75. The van der Waals surface area contributed by atoms with Crippen LogP contribution >= 0.6 is 0 Å². The third-order valence-electron chi connectivity index (χ3n) is 7.56. The molecule has 0 saturated carbocycles. The minimum atomic E-state index is -0.227. The normalized spacial score (nSPS) is 17.9. The van der Waals surface area contributed by atoms with Crippen LogP contribution in [0.25, 0.3) is 10.9 Å². The lowest BCUT2D eigenvalue weighted by molar-refractivity contribution is -0.137. The van der Waals surface area contributed by atoms with Crippen molar-refractivity contribution in [3.05, 3.63) is 95.3 Å². The number of para-hydroxylation sites is 1. The second kappa shape index (κ2) is 9.30. The van der Waals surface area contributed by atoms with Gasteiger partial charge in [0.25, 0.3) is 5.91 Å². The summed E-state index contributed by atoms with van der Waals surface area (Å²) in [5.74, 6) is 0.0881. The zero-order valence-corrected chi connectivity index (χ0v) is 20.0. The summed E-state index contributed by atoms with van der Waals surface area (Å²) >= 11 is 0. The van der Waals surface area contributed by atoms with Crippen molar-refractivity contribution >= 4 is 22.7 Å². The summed E-state index contributed by atoms with van der Waals surface area (Å²) < 4.78 is 21.4. The van der Waals surface area contributed by atoms with E-state index in [0.29, 0.717) is 44.9 Å². The molecule has 0 spiro atoms. The summed E-state index contributed by atoms with van der Waals surface area (Å²) in [6, 6.07) is 18.4. The second-order valence-corrected chi connectivity index (χ2v) is 9.69. The number of carbonyl (C=O) groups is 2. The lowest BCUT2D eigenvalue weighted by Crippen LogP contribution is -2.52. The molecule has 7 heteroatoms. The fourth-order valence-electron chi connectivity index (χ4n) is 5.75. The van der Waals surface area contributed by atoms with Crippen LogP contribution < -0.4 is 0 Å². The van der Waals surface area contributed by atoms with Crippen molar-refractivity contribution < 1.29 is 18.4 Å². The fraction of sp³-hybridized carbons (Fsp3) is 0.310. The van der Waals surface area contributed by atoms with Gasteiger partial charge in [0, 0.05) is 55.2 Å². The van der Waals surface area contributed by atoms with Crippen LogP contribution in [0, 0.1) is 11.7 Å². The molecule has 4 aromatic rings. The number of furan rings is 1. The molecule has 2 aromatic heterocycles. The quantitative estimate of drug-likeness (QED) is 0.427. The first-order valence-electron chi connectivity index (χ1n) is 12.5. The van der Waals surface area contributed by atoms with E-state index in [9.17, 15) is 14.0 Å². The second-order valence-electron chi connectivity index (χ2n) is 9.69. The Bertz CT molecular complexity index is 1420. The number of piperazine rings is 1. The predicted molar refractivity (Wildman–Crippen MR) is 134 cm³/mol. The van der Waals surface area contributed by atoms with Gasteiger partial charge in [-0.2, -0.15) is 0 Å². The van der Waals surface area contributed by atoms with Gasteiger partial charge < -0.3 is 18.8 Å². The van der Waals surface area contributed by atoms with Crippen LogP contribution in [-0.2, 0) is 24.2 Å². The third-order valence-corrected chi connectivity index (χ3v) is 7.56. The van der Waals surface area contributed by atoms with E-state index in [0.717, 1.165) is 23.9 Å². The van der Waals surface area contributed by atoms with E-state index in [2.05, 4.69) is 16.7 Å². The van der Waals surface area contributed by atoms with Gasteiger partial charge in [-0.25, -0.2) is 4.39 Å².